The van der Waals surface area contributed by atoms with Crippen LogP contribution >= 0.6 is 0 Å². The summed E-state index contributed by atoms with van der Waals surface area (Å²) in [6, 6.07) is 29.3. The second-order valence-electron chi connectivity index (χ2n) is 11.4. The zero-order valence-corrected chi connectivity index (χ0v) is 26.1. The fourth-order valence-corrected chi connectivity index (χ4v) is 5.51. The molecule has 5 atom stereocenters. The summed E-state index contributed by atoms with van der Waals surface area (Å²) >= 11 is 0. The van der Waals surface area contributed by atoms with Gasteiger partial charge in [-0.2, -0.15) is 0 Å². The van der Waals surface area contributed by atoms with Crippen LogP contribution in [0.5, 0.6) is 0 Å². The summed E-state index contributed by atoms with van der Waals surface area (Å²) < 4.78 is 24.3. The van der Waals surface area contributed by atoms with Gasteiger partial charge in [-0.1, -0.05) is 97.9 Å². The number of nitrogens with one attached hydrogen (secondary N) is 1. The third-order valence-corrected chi connectivity index (χ3v) is 7.88. The third kappa shape index (κ3) is 10.5. The van der Waals surface area contributed by atoms with Gasteiger partial charge in [-0.25, -0.2) is 4.79 Å². The minimum absolute atomic E-state index is 0.00944. The molecule has 3 aromatic carbocycles. The Labute approximate surface area is 261 Å². The molecule has 0 aromatic heterocycles. The van der Waals surface area contributed by atoms with E-state index in [-0.39, 0.29) is 42.8 Å². The molecule has 1 saturated heterocycles. The molecule has 0 spiro atoms. The molecule has 236 valence electrons. The van der Waals surface area contributed by atoms with E-state index in [0.29, 0.717) is 26.3 Å². The molecule has 1 aliphatic heterocycles. The summed E-state index contributed by atoms with van der Waals surface area (Å²) in [7, 11) is 0. The molecule has 2 unspecified atom stereocenters. The summed E-state index contributed by atoms with van der Waals surface area (Å²) in [4.78, 5) is 26.8. The molecule has 8 heteroatoms. The molecule has 44 heavy (non-hydrogen) atoms. The number of ether oxygens (including phenoxy) is 4. The van der Waals surface area contributed by atoms with E-state index in [1.165, 1.54) is 6.92 Å². The average molecular weight is 603 g/mol. The SMILES string of the molecule is CC(=O)NC1[C@H](OCCCCCN(Cc2ccccc2)C(=O)OCc2ccccc2)OC(C)[C@@H](OCc2ccccc2)[C@@H]1C. The second kappa shape index (κ2) is 17.5. The Morgan fingerprint density at radius 3 is 1.98 bits per heavy atom. The van der Waals surface area contributed by atoms with Gasteiger partial charge in [0.1, 0.15) is 6.61 Å². The molecule has 0 bridgehead atoms. The van der Waals surface area contributed by atoms with Crippen LogP contribution in [0.2, 0.25) is 0 Å². The third-order valence-electron chi connectivity index (χ3n) is 7.88. The first-order valence-corrected chi connectivity index (χ1v) is 15.6. The van der Waals surface area contributed by atoms with Crippen molar-refractivity contribution < 1.29 is 28.5 Å². The largest absolute Gasteiger partial charge is 0.445 e. The number of unbranched alkanes of at least 4 members (excludes halogenated alkanes) is 2. The van der Waals surface area contributed by atoms with Gasteiger partial charge in [0.05, 0.1) is 24.9 Å². The van der Waals surface area contributed by atoms with Crippen molar-refractivity contribution >= 4 is 12.0 Å². The summed E-state index contributed by atoms with van der Waals surface area (Å²) in [5, 5.41) is 3.03. The first kappa shape index (κ1) is 33.2. The van der Waals surface area contributed by atoms with Crippen molar-refractivity contribution in [1.29, 1.82) is 0 Å². The van der Waals surface area contributed by atoms with E-state index in [9.17, 15) is 9.59 Å². The van der Waals surface area contributed by atoms with Crippen LogP contribution in [0, 0.1) is 5.92 Å². The topological polar surface area (TPSA) is 86.3 Å². The predicted molar refractivity (Wildman–Crippen MR) is 169 cm³/mol. The number of hydrogen-bond donors (Lipinski definition) is 1. The molecular formula is C36H46N2O6. The summed E-state index contributed by atoms with van der Waals surface area (Å²) in [6.07, 6.45) is 1.18. The fourth-order valence-electron chi connectivity index (χ4n) is 5.51. The van der Waals surface area contributed by atoms with E-state index in [1.54, 1.807) is 4.90 Å². The molecule has 2 amide bonds. The van der Waals surface area contributed by atoms with Crippen LogP contribution in [0.4, 0.5) is 4.79 Å². The van der Waals surface area contributed by atoms with E-state index in [4.69, 9.17) is 18.9 Å². The maximum Gasteiger partial charge on any atom is 0.410 e. The van der Waals surface area contributed by atoms with E-state index in [2.05, 4.69) is 12.2 Å². The summed E-state index contributed by atoms with van der Waals surface area (Å²) in [6.45, 7) is 7.83. The average Bonchev–Trinajstić information content (AvgIpc) is 3.03. The molecule has 1 aliphatic rings. The van der Waals surface area contributed by atoms with Gasteiger partial charge in [0, 0.05) is 32.5 Å². The molecule has 3 aromatic rings. The fraction of sp³-hybridized carbons (Fsp3) is 0.444. The molecule has 8 nitrogen and oxygen atoms in total. The molecule has 1 fully saturated rings. The van der Waals surface area contributed by atoms with Crippen LogP contribution < -0.4 is 5.32 Å². The van der Waals surface area contributed by atoms with Crippen molar-refractivity contribution in [3.05, 3.63) is 108 Å². The molecule has 0 aliphatic carbocycles. The molecule has 0 radical (unpaired) electrons. The van der Waals surface area contributed by atoms with E-state index < -0.39 is 6.29 Å². The molecular weight excluding hydrogens is 556 g/mol. The van der Waals surface area contributed by atoms with Crippen molar-refractivity contribution in [2.24, 2.45) is 5.92 Å². The minimum Gasteiger partial charge on any atom is -0.445 e. The lowest BCUT2D eigenvalue weighted by atomic mass is 9.89. The highest BCUT2D eigenvalue weighted by Crippen LogP contribution is 2.30. The van der Waals surface area contributed by atoms with E-state index in [0.717, 1.165) is 36.0 Å². The zero-order chi connectivity index (χ0) is 31.1. The van der Waals surface area contributed by atoms with Gasteiger partial charge in [0.2, 0.25) is 5.91 Å². The quantitative estimate of drug-likeness (QED) is 0.200. The van der Waals surface area contributed by atoms with Crippen molar-refractivity contribution in [2.45, 2.75) is 84.3 Å². The molecule has 1 N–H and O–H groups in total. The molecule has 1 heterocycles. The van der Waals surface area contributed by atoms with Crippen molar-refractivity contribution in [1.82, 2.24) is 10.2 Å². The van der Waals surface area contributed by atoms with Crippen molar-refractivity contribution in [3.8, 4) is 0 Å². The Hall–Kier alpha value is -3.72. The van der Waals surface area contributed by atoms with E-state index in [1.807, 2.05) is 97.9 Å². The predicted octanol–water partition coefficient (Wildman–Crippen LogP) is 6.48. The van der Waals surface area contributed by atoms with Gasteiger partial charge in [-0.3, -0.25) is 4.79 Å². The number of rotatable bonds is 15. The van der Waals surface area contributed by atoms with Crippen molar-refractivity contribution in [2.75, 3.05) is 13.2 Å². The number of benzene rings is 3. The Morgan fingerprint density at radius 2 is 1.36 bits per heavy atom. The van der Waals surface area contributed by atoms with Crippen LogP contribution in [-0.4, -0.2) is 54.6 Å². The summed E-state index contributed by atoms with van der Waals surface area (Å²) in [5.41, 5.74) is 3.10. The molecule has 0 saturated carbocycles. The lowest BCUT2D eigenvalue weighted by Gasteiger charge is -2.44. The highest BCUT2D eigenvalue weighted by molar-refractivity contribution is 5.73. The van der Waals surface area contributed by atoms with Gasteiger partial charge < -0.3 is 29.2 Å². The van der Waals surface area contributed by atoms with Crippen LogP contribution in [-0.2, 0) is 43.5 Å². The van der Waals surface area contributed by atoms with Crippen LogP contribution in [0.3, 0.4) is 0 Å². The second-order valence-corrected chi connectivity index (χ2v) is 11.4. The Bertz CT molecular complexity index is 1260. The van der Waals surface area contributed by atoms with Crippen LogP contribution in [0.15, 0.2) is 91.0 Å². The normalized spacial score (nSPS) is 21.4. The maximum absolute atomic E-state index is 13.0. The number of carbonyl (C=O) groups is 2. The standard InChI is InChI=1S/C36H46N2O6/c1-27-33(37-29(3)39)35(44-28(2)34(27)42-25-31-18-10-5-11-19-31)41-23-15-7-14-22-38(24-30-16-8-4-9-17-30)36(40)43-26-32-20-12-6-13-21-32/h4-6,8-13,16-21,27-28,33-35H,7,14-15,22-26H2,1-3H3,(H,37,39)/t27-,28?,33?,34+,35-/m1/s1. The zero-order valence-electron chi connectivity index (χ0n) is 26.1. The van der Waals surface area contributed by atoms with Gasteiger partial charge in [-0.05, 0) is 42.9 Å². The first-order valence-electron chi connectivity index (χ1n) is 15.6. The van der Waals surface area contributed by atoms with Gasteiger partial charge >= 0.3 is 6.09 Å². The van der Waals surface area contributed by atoms with Gasteiger partial charge in [0.15, 0.2) is 6.29 Å². The number of carbonyl (C=O) groups excluding carboxylic acids is 2. The highest BCUT2D eigenvalue weighted by Gasteiger charge is 2.43. The minimum atomic E-state index is -0.567. The Kier molecular flexibility index (Phi) is 13.2. The Morgan fingerprint density at radius 1 is 0.773 bits per heavy atom. The van der Waals surface area contributed by atoms with Gasteiger partial charge in [-0.15, -0.1) is 0 Å². The molecule has 4 rings (SSSR count). The summed E-state index contributed by atoms with van der Waals surface area (Å²) in [5.74, 6) is -0.141. The van der Waals surface area contributed by atoms with Crippen molar-refractivity contribution in [3.63, 3.8) is 0 Å². The van der Waals surface area contributed by atoms with E-state index >= 15 is 0 Å². The first-order chi connectivity index (χ1) is 21.4. The lowest BCUT2D eigenvalue weighted by Crippen LogP contribution is -2.60. The number of amides is 2. The maximum atomic E-state index is 13.0. The number of nitrogens with zero attached hydrogens (tertiary/aromatic N) is 1. The van der Waals surface area contributed by atoms with Gasteiger partial charge in [0.25, 0.3) is 0 Å². The monoisotopic (exact) mass is 602 g/mol. The van der Waals surface area contributed by atoms with Crippen LogP contribution in [0.1, 0.15) is 56.7 Å². The smallest absolute Gasteiger partial charge is 0.410 e. The lowest BCUT2D eigenvalue weighted by molar-refractivity contribution is -0.256. The van der Waals surface area contributed by atoms with Crippen LogP contribution in [0.25, 0.3) is 0 Å². The number of hydrogen-bond acceptors (Lipinski definition) is 6. The highest BCUT2D eigenvalue weighted by atomic mass is 16.7. The Balaban J connectivity index is 1.24.